The van der Waals surface area contributed by atoms with Gasteiger partial charge >= 0.3 is 12.1 Å². The number of fused-ring (bicyclic) bond motifs is 1. The molecule has 2 heterocycles. The molecule has 0 spiro atoms. The van der Waals surface area contributed by atoms with Gasteiger partial charge in [-0.25, -0.2) is 9.18 Å². The summed E-state index contributed by atoms with van der Waals surface area (Å²) in [6.07, 6.45) is 6.55. The Kier molecular flexibility index (Phi) is 6.30. The van der Waals surface area contributed by atoms with Crippen LogP contribution in [0.25, 0.3) is 10.9 Å². The van der Waals surface area contributed by atoms with Crippen LogP contribution < -0.4 is 5.73 Å². The summed E-state index contributed by atoms with van der Waals surface area (Å²) in [5.41, 5.74) is 8.64. The largest absolute Gasteiger partial charge is 0.490 e. The van der Waals surface area contributed by atoms with E-state index in [-0.39, 0.29) is 5.82 Å². The number of aromatic nitrogens is 3. The summed E-state index contributed by atoms with van der Waals surface area (Å²) >= 11 is 0. The lowest BCUT2D eigenvalue weighted by Gasteiger charge is -2.56. The minimum atomic E-state index is -5.08. The Bertz CT molecular complexity index is 1220. The molecule has 0 amide bonds. The van der Waals surface area contributed by atoms with Crippen molar-refractivity contribution in [2.75, 3.05) is 0 Å². The maximum atomic E-state index is 13.6. The molecule has 4 N–H and O–H groups in total. The summed E-state index contributed by atoms with van der Waals surface area (Å²) in [7, 11) is 0. The number of carboxylic acid groups (broad SMARTS) is 1. The van der Waals surface area contributed by atoms with Gasteiger partial charge in [0, 0.05) is 23.5 Å². The van der Waals surface area contributed by atoms with Crippen molar-refractivity contribution in [1.82, 2.24) is 15.1 Å². The van der Waals surface area contributed by atoms with E-state index in [0.717, 1.165) is 46.5 Å². The predicted octanol–water partition coefficient (Wildman–Crippen LogP) is 5.32. The van der Waals surface area contributed by atoms with Gasteiger partial charge in [-0.05, 0) is 91.9 Å². The van der Waals surface area contributed by atoms with Crippen LogP contribution in [0.15, 0.2) is 28.9 Å². The third-order valence-electron chi connectivity index (χ3n) is 7.91. The fourth-order valence-corrected chi connectivity index (χ4v) is 6.98. The van der Waals surface area contributed by atoms with Gasteiger partial charge in [0.2, 0.25) is 5.89 Å². The van der Waals surface area contributed by atoms with Gasteiger partial charge in [-0.2, -0.15) is 18.2 Å². The van der Waals surface area contributed by atoms with Crippen molar-refractivity contribution >= 4 is 16.9 Å². The molecule has 0 aliphatic heterocycles. The zero-order valence-corrected chi connectivity index (χ0v) is 19.5. The number of halogens is 4. The number of nitrogens with zero attached hydrogens (tertiary/aromatic N) is 2. The van der Waals surface area contributed by atoms with E-state index in [9.17, 15) is 17.6 Å². The van der Waals surface area contributed by atoms with E-state index in [1.54, 1.807) is 12.1 Å². The zero-order valence-electron chi connectivity index (χ0n) is 19.5. The molecule has 194 valence electrons. The van der Waals surface area contributed by atoms with Crippen LogP contribution in [0.2, 0.25) is 0 Å². The Labute approximate surface area is 204 Å². The Morgan fingerprint density at radius 2 is 1.81 bits per heavy atom. The topological polar surface area (TPSA) is 118 Å². The van der Waals surface area contributed by atoms with Crippen molar-refractivity contribution in [3.8, 4) is 0 Å². The molecule has 1 atom stereocenters. The molecule has 4 fully saturated rings. The molecule has 4 bridgehead atoms. The van der Waals surface area contributed by atoms with E-state index in [1.807, 2.05) is 6.20 Å². The normalized spacial score (nSPS) is 27.6. The number of alkyl halides is 3. The van der Waals surface area contributed by atoms with E-state index < -0.39 is 18.2 Å². The fourth-order valence-electron chi connectivity index (χ4n) is 6.98. The van der Waals surface area contributed by atoms with E-state index >= 15 is 0 Å². The number of nitrogens with one attached hydrogen (secondary N) is 1. The van der Waals surface area contributed by atoms with Crippen molar-refractivity contribution in [3.05, 3.63) is 47.5 Å². The smallest absolute Gasteiger partial charge is 0.475 e. The number of hydrogen-bond donors (Lipinski definition) is 3. The first-order valence-corrected chi connectivity index (χ1v) is 12.1. The van der Waals surface area contributed by atoms with Gasteiger partial charge < -0.3 is 20.3 Å². The maximum Gasteiger partial charge on any atom is 0.490 e. The number of aliphatic carboxylic acids is 1. The number of carbonyl (C=O) groups is 1. The molecule has 1 aromatic carbocycles. The van der Waals surface area contributed by atoms with Crippen LogP contribution in [-0.2, 0) is 17.6 Å². The van der Waals surface area contributed by atoms with Crippen molar-refractivity contribution in [2.45, 2.75) is 63.6 Å². The van der Waals surface area contributed by atoms with Gasteiger partial charge in [-0.3, -0.25) is 0 Å². The first-order valence-electron chi connectivity index (χ1n) is 12.1. The summed E-state index contributed by atoms with van der Waals surface area (Å²) in [6, 6.07) is 4.35. The van der Waals surface area contributed by atoms with E-state index in [1.165, 1.54) is 44.6 Å². The number of benzene rings is 1. The van der Waals surface area contributed by atoms with E-state index in [2.05, 4.69) is 15.1 Å². The lowest BCUT2D eigenvalue weighted by atomic mass is 9.49. The van der Waals surface area contributed by atoms with Gasteiger partial charge in [0.1, 0.15) is 5.82 Å². The predicted molar refractivity (Wildman–Crippen MR) is 121 cm³/mol. The summed E-state index contributed by atoms with van der Waals surface area (Å²) in [5.74, 6) is 1.03. The molecule has 7 rings (SSSR count). The molecule has 2 aromatic heterocycles. The molecule has 4 aliphatic carbocycles. The summed E-state index contributed by atoms with van der Waals surface area (Å²) < 4.78 is 50.9. The molecular formula is C25H28F4N4O3. The van der Waals surface area contributed by atoms with Crippen LogP contribution >= 0.6 is 0 Å². The summed E-state index contributed by atoms with van der Waals surface area (Å²) in [6.45, 7) is 0. The van der Waals surface area contributed by atoms with Crippen LogP contribution in [-0.4, -0.2) is 32.4 Å². The number of aromatic amines is 1. The number of carboxylic acids is 1. The quantitative estimate of drug-likeness (QED) is 0.401. The molecule has 7 nitrogen and oxygen atoms in total. The van der Waals surface area contributed by atoms with Crippen LogP contribution in [0.3, 0.4) is 0 Å². The number of hydrogen-bond acceptors (Lipinski definition) is 5. The van der Waals surface area contributed by atoms with Crippen molar-refractivity contribution in [1.29, 1.82) is 0 Å². The minimum absolute atomic E-state index is 0.248. The third kappa shape index (κ3) is 5.11. The monoisotopic (exact) mass is 508 g/mol. The second kappa shape index (κ2) is 9.17. The fraction of sp³-hybridized carbons (Fsp3) is 0.560. The van der Waals surface area contributed by atoms with E-state index in [4.69, 9.17) is 20.2 Å². The molecule has 0 saturated heterocycles. The van der Waals surface area contributed by atoms with Crippen LogP contribution in [0.4, 0.5) is 17.6 Å². The number of rotatable bonds is 5. The highest BCUT2D eigenvalue weighted by molar-refractivity contribution is 5.83. The summed E-state index contributed by atoms with van der Waals surface area (Å²) in [4.78, 5) is 16.7. The van der Waals surface area contributed by atoms with Crippen LogP contribution in [0.1, 0.15) is 61.8 Å². The average molecular weight is 509 g/mol. The van der Waals surface area contributed by atoms with Crippen molar-refractivity contribution in [3.63, 3.8) is 0 Å². The van der Waals surface area contributed by atoms with Gasteiger partial charge in [0.25, 0.3) is 0 Å². The first-order chi connectivity index (χ1) is 17.0. The molecule has 0 radical (unpaired) electrons. The van der Waals surface area contributed by atoms with Crippen LogP contribution in [0, 0.1) is 29.0 Å². The second-order valence-electron chi connectivity index (χ2n) is 10.8. The van der Waals surface area contributed by atoms with Crippen molar-refractivity contribution in [2.24, 2.45) is 28.9 Å². The maximum absolute atomic E-state index is 13.6. The second-order valence-corrected chi connectivity index (χ2v) is 10.8. The molecule has 0 unspecified atom stereocenters. The molecule has 36 heavy (non-hydrogen) atoms. The standard InChI is InChI=1S/C23H27FN4O.C2HF3O2/c24-17-1-2-20-18(7-17)16(12-26-20)6-19(25)22-27-21(28-29-22)11-23-8-13-3-14(9-23)5-15(4-13)10-23;3-2(4,5)1(6)7/h1-2,7,12-15,19,26H,3-6,8-11,25H2;(H,6,7)/t13?,14?,15?,19-,23?;/m0./s1. The van der Waals surface area contributed by atoms with Gasteiger partial charge in [0.05, 0.1) is 6.04 Å². The SMILES string of the molecule is N[C@@H](Cc1c[nH]c2ccc(F)cc12)c1nc(CC23CC4CC(CC(C4)C2)C3)no1.O=C(O)C(F)(F)F. The molecular weight excluding hydrogens is 480 g/mol. The first kappa shape index (κ1) is 24.7. The van der Waals surface area contributed by atoms with Crippen LogP contribution in [0.5, 0.6) is 0 Å². The van der Waals surface area contributed by atoms with Gasteiger partial charge in [0.15, 0.2) is 5.82 Å². The number of H-pyrrole nitrogens is 1. The van der Waals surface area contributed by atoms with Gasteiger partial charge in [-0.1, -0.05) is 5.16 Å². The Morgan fingerprint density at radius 3 is 2.39 bits per heavy atom. The Hall–Kier alpha value is -2.95. The Morgan fingerprint density at radius 1 is 1.19 bits per heavy atom. The average Bonchev–Trinajstić information content (AvgIpc) is 3.39. The molecule has 11 heteroatoms. The minimum Gasteiger partial charge on any atom is -0.475 e. The molecule has 4 aliphatic rings. The highest BCUT2D eigenvalue weighted by atomic mass is 19.4. The highest BCUT2D eigenvalue weighted by Crippen LogP contribution is 2.60. The van der Waals surface area contributed by atoms with Gasteiger partial charge in [-0.15, -0.1) is 0 Å². The number of nitrogens with two attached hydrogens (primary N) is 1. The lowest BCUT2D eigenvalue weighted by Crippen LogP contribution is -2.47. The summed E-state index contributed by atoms with van der Waals surface area (Å²) in [5, 5.41) is 12.3. The van der Waals surface area contributed by atoms with Crippen molar-refractivity contribution < 1.29 is 32.0 Å². The zero-order chi connectivity index (χ0) is 25.7. The van der Waals surface area contributed by atoms with E-state index in [0.29, 0.717) is 17.7 Å². The third-order valence-corrected chi connectivity index (χ3v) is 7.91. The molecule has 4 saturated carbocycles. The highest BCUT2D eigenvalue weighted by Gasteiger charge is 2.51. The Balaban J connectivity index is 0.000000338. The lowest BCUT2D eigenvalue weighted by molar-refractivity contribution is -0.192. The molecule has 3 aromatic rings.